The first kappa shape index (κ1) is 26.0. The van der Waals surface area contributed by atoms with Crippen LogP contribution in [0.15, 0.2) is 83.6 Å². The maximum Gasteiger partial charge on any atom is 0.287 e. The van der Waals surface area contributed by atoms with Gasteiger partial charge in [0.05, 0.1) is 22.4 Å². The van der Waals surface area contributed by atoms with Crippen molar-refractivity contribution in [2.24, 2.45) is 5.10 Å². The summed E-state index contributed by atoms with van der Waals surface area (Å²) in [5.74, 6) is -0.273. The number of benzene rings is 3. The molecule has 0 saturated carbocycles. The van der Waals surface area contributed by atoms with Gasteiger partial charge in [0, 0.05) is 5.56 Å². The summed E-state index contributed by atoms with van der Waals surface area (Å²) in [6.07, 6.45) is 2.48. The average Bonchev–Trinajstić information content (AvgIpc) is 2.88. The number of amides is 2. The molecule has 0 spiro atoms. The molecule has 2 amide bonds. The number of hydrogen-bond acceptors (Lipinski definition) is 4. The lowest BCUT2D eigenvalue weighted by Crippen LogP contribution is -2.33. The Kier molecular flexibility index (Phi) is 9.47. The molecule has 3 rings (SSSR count). The van der Waals surface area contributed by atoms with Gasteiger partial charge in [0.1, 0.15) is 11.4 Å². The zero-order valence-electron chi connectivity index (χ0n) is 19.3. The molecule has 0 radical (unpaired) electrons. The number of nitrogens with one attached hydrogen (secondary N) is 2. The molecule has 6 nitrogen and oxygen atoms in total. The minimum absolute atomic E-state index is 0.0340. The molecule has 0 aromatic heterocycles. The summed E-state index contributed by atoms with van der Waals surface area (Å²) in [5.41, 5.74) is 4.87. The van der Waals surface area contributed by atoms with Gasteiger partial charge in [-0.05, 0) is 66.9 Å². The molecule has 8 heteroatoms. The average molecular weight is 510 g/mol. The molecule has 0 aliphatic heterocycles. The van der Waals surface area contributed by atoms with Crippen LogP contribution >= 0.6 is 23.2 Å². The maximum atomic E-state index is 13.0. The number of carbonyl (C=O) groups excluding carboxylic acids is 2. The van der Waals surface area contributed by atoms with E-state index in [9.17, 15) is 9.59 Å². The number of hydrogen-bond donors (Lipinski definition) is 2. The Hall–Kier alpha value is -3.61. The molecule has 0 unspecified atom stereocenters. The minimum Gasteiger partial charge on any atom is -0.494 e. The van der Waals surface area contributed by atoms with Crippen LogP contribution < -0.4 is 15.5 Å². The van der Waals surface area contributed by atoms with Crippen LogP contribution in [0.4, 0.5) is 0 Å². The van der Waals surface area contributed by atoms with Crippen LogP contribution in [0.25, 0.3) is 6.08 Å². The van der Waals surface area contributed by atoms with E-state index in [0.29, 0.717) is 39.1 Å². The number of nitrogens with zero attached hydrogens (tertiary/aromatic N) is 1. The van der Waals surface area contributed by atoms with E-state index in [-0.39, 0.29) is 5.70 Å². The highest BCUT2D eigenvalue weighted by molar-refractivity contribution is 6.42. The predicted molar refractivity (Wildman–Crippen MR) is 141 cm³/mol. The highest BCUT2D eigenvalue weighted by atomic mass is 35.5. The van der Waals surface area contributed by atoms with Crippen molar-refractivity contribution in [2.75, 3.05) is 6.61 Å². The summed E-state index contributed by atoms with van der Waals surface area (Å²) in [6.45, 7) is 4.37. The molecule has 0 aliphatic rings. The van der Waals surface area contributed by atoms with E-state index in [1.165, 1.54) is 0 Å². The molecule has 35 heavy (non-hydrogen) atoms. The SMILES string of the molecule is CCCOc1ccc(/C=C(\NC(=O)c2ccccc2)C(=O)N/N=C(\C)c2ccc(Cl)c(Cl)c2)cc1. The highest BCUT2D eigenvalue weighted by Gasteiger charge is 2.15. The van der Waals surface area contributed by atoms with Gasteiger partial charge in [0.2, 0.25) is 0 Å². The van der Waals surface area contributed by atoms with Crippen LogP contribution in [0.2, 0.25) is 10.0 Å². The lowest BCUT2D eigenvalue weighted by Gasteiger charge is -2.10. The molecule has 3 aromatic carbocycles. The second-order valence-electron chi connectivity index (χ2n) is 7.56. The van der Waals surface area contributed by atoms with Crippen molar-refractivity contribution in [2.45, 2.75) is 20.3 Å². The van der Waals surface area contributed by atoms with Crippen LogP contribution in [0.5, 0.6) is 5.75 Å². The zero-order valence-corrected chi connectivity index (χ0v) is 20.9. The topological polar surface area (TPSA) is 79.8 Å². The number of halogens is 2. The fraction of sp³-hybridized carbons (Fsp3) is 0.148. The molecule has 180 valence electrons. The second kappa shape index (κ2) is 12.7. The predicted octanol–water partition coefficient (Wildman–Crippen LogP) is 6.09. The third-order valence-electron chi connectivity index (χ3n) is 4.86. The lowest BCUT2D eigenvalue weighted by atomic mass is 10.1. The van der Waals surface area contributed by atoms with Gasteiger partial charge >= 0.3 is 0 Å². The Bertz CT molecular complexity index is 1240. The summed E-state index contributed by atoms with van der Waals surface area (Å²) in [4.78, 5) is 25.7. The first-order valence-corrected chi connectivity index (χ1v) is 11.7. The van der Waals surface area contributed by atoms with Crippen LogP contribution in [0.3, 0.4) is 0 Å². The van der Waals surface area contributed by atoms with Gasteiger partial charge in [-0.15, -0.1) is 0 Å². The third kappa shape index (κ3) is 7.70. The Morgan fingerprint density at radius 2 is 1.66 bits per heavy atom. The van der Waals surface area contributed by atoms with E-state index in [1.807, 2.05) is 25.1 Å². The first-order valence-electron chi connectivity index (χ1n) is 11.0. The van der Waals surface area contributed by atoms with Crippen molar-refractivity contribution in [1.29, 1.82) is 0 Å². The Balaban J connectivity index is 1.83. The monoisotopic (exact) mass is 509 g/mol. The molecule has 0 atom stereocenters. The lowest BCUT2D eigenvalue weighted by molar-refractivity contribution is -0.117. The Morgan fingerprint density at radius 1 is 0.943 bits per heavy atom. The largest absolute Gasteiger partial charge is 0.494 e. The third-order valence-corrected chi connectivity index (χ3v) is 5.59. The van der Waals surface area contributed by atoms with Crippen LogP contribution in [0, 0.1) is 0 Å². The number of rotatable bonds is 9. The fourth-order valence-electron chi connectivity index (χ4n) is 2.97. The number of ether oxygens (including phenoxy) is 1. The molecule has 2 N–H and O–H groups in total. The van der Waals surface area contributed by atoms with Gasteiger partial charge < -0.3 is 10.1 Å². The summed E-state index contributed by atoms with van der Waals surface area (Å²) in [5, 5.41) is 7.65. The second-order valence-corrected chi connectivity index (χ2v) is 8.38. The first-order chi connectivity index (χ1) is 16.9. The van der Waals surface area contributed by atoms with Crippen molar-refractivity contribution < 1.29 is 14.3 Å². The molecule has 0 fully saturated rings. The summed E-state index contributed by atoms with van der Waals surface area (Å²) in [6, 6.07) is 20.9. The molecule has 0 heterocycles. The molecular weight excluding hydrogens is 485 g/mol. The minimum atomic E-state index is -0.583. The Labute approximate surface area is 214 Å². The van der Waals surface area contributed by atoms with E-state index >= 15 is 0 Å². The van der Waals surface area contributed by atoms with Gasteiger partial charge in [0.15, 0.2) is 0 Å². The van der Waals surface area contributed by atoms with Crippen molar-refractivity contribution >= 4 is 46.8 Å². The zero-order chi connectivity index (χ0) is 25.2. The van der Waals surface area contributed by atoms with E-state index in [2.05, 4.69) is 15.8 Å². The number of carbonyl (C=O) groups is 2. The van der Waals surface area contributed by atoms with Crippen molar-refractivity contribution in [3.8, 4) is 5.75 Å². The van der Waals surface area contributed by atoms with Gasteiger partial charge in [-0.25, -0.2) is 5.43 Å². The summed E-state index contributed by atoms with van der Waals surface area (Å²) in [7, 11) is 0. The van der Waals surface area contributed by atoms with E-state index < -0.39 is 11.8 Å². The van der Waals surface area contributed by atoms with E-state index in [4.69, 9.17) is 27.9 Å². The van der Waals surface area contributed by atoms with Crippen LogP contribution in [0.1, 0.15) is 41.8 Å². The van der Waals surface area contributed by atoms with Crippen LogP contribution in [-0.2, 0) is 4.79 Å². The quantitative estimate of drug-likeness (QED) is 0.208. The highest BCUT2D eigenvalue weighted by Crippen LogP contribution is 2.23. The van der Waals surface area contributed by atoms with Gasteiger partial charge in [-0.1, -0.05) is 66.5 Å². The molecule has 0 saturated heterocycles. The fourth-order valence-corrected chi connectivity index (χ4v) is 3.27. The number of hydrazone groups is 1. The molecule has 0 bridgehead atoms. The normalized spacial score (nSPS) is 11.7. The van der Waals surface area contributed by atoms with E-state index in [0.717, 1.165) is 12.2 Å². The molecule has 3 aromatic rings. The maximum absolute atomic E-state index is 13.0. The Morgan fingerprint density at radius 3 is 2.31 bits per heavy atom. The summed E-state index contributed by atoms with van der Waals surface area (Å²) >= 11 is 12.0. The summed E-state index contributed by atoms with van der Waals surface area (Å²) < 4.78 is 5.60. The smallest absolute Gasteiger partial charge is 0.287 e. The van der Waals surface area contributed by atoms with Gasteiger partial charge in [0.25, 0.3) is 11.8 Å². The molecular formula is C27H25Cl2N3O3. The van der Waals surface area contributed by atoms with Gasteiger partial charge in [-0.3, -0.25) is 9.59 Å². The molecule has 0 aliphatic carbocycles. The van der Waals surface area contributed by atoms with Crippen molar-refractivity contribution in [3.63, 3.8) is 0 Å². The van der Waals surface area contributed by atoms with E-state index in [1.54, 1.807) is 67.6 Å². The van der Waals surface area contributed by atoms with Crippen molar-refractivity contribution in [1.82, 2.24) is 10.7 Å². The standard InChI is InChI=1S/C27H25Cl2N3O3/c1-3-15-35-22-12-9-19(10-13-22)16-25(30-26(33)20-7-5-4-6-8-20)27(34)32-31-18(2)21-11-14-23(28)24(29)17-21/h4-14,16-17H,3,15H2,1-2H3,(H,30,33)(H,32,34)/b25-16-,31-18+. The van der Waals surface area contributed by atoms with Crippen LogP contribution in [-0.4, -0.2) is 24.1 Å². The van der Waals surface area contributed by atoms with Crippen molar-refractivity contribution in [3.05, 3.63) is 105 Å². The van der Waals surface area contributed by atoms with Gasteiger partial charge in [-0.2, -0.15) is 5.10 Å².